The molecule has 34 heavy (non-hydrogen) atoms. The number of rotatable bonds is 8. The van der Waals surface area contributed by atoms with Crippen LogP contribution in [0.4, 0.5) is 5.82 Å². The first-order valence-corrected chi connectivity index (χ1v) is 11.9. The third-order valence-corrected chi connectivity index (χ3v) is 6.59. The zero-order chi connectivity index (χ0) is 23.5. The summed E-state index contributed by atoms with van der Waals surface area (Å²) >= 11 is 1.66. The van der Waals surface area contributed by atoms with E-state index in [1.165, 1.54) is 10.4 Å². The highest BCUT2D eigenvalue weighted by molar-refractivity contribution is 7.18. The highest BCUT2D eigenvalue weighted by Gasteiger charge is 2.12. The Hall–Kier alpha value is -3.97. The highest BCUT2D eigenvalue weighted by Crippen LogP contribution is 2.31. The van der Waals surface area contributed by atoms with Crippen molar-refractivity contribution in [2.45, 2.75) is 19.8 Å². The van der Waals surface area contributed by atoms with Gasteiger partial charge in [-0.05, 0) is 60.7 Å². The highest BCUT2D eigenvalue weighted by atomic mass is 32.1. The second-order valence-corrected chi connectivity index (χ2v) is 9.33. The Balaban J connectivity index is 1.22. The predicted molar refractivity (Wildman–Crippen MR) is 136 cm³/mol. The van der Waals surface area contributed by atoms with Crippen molar-refractivity contribution in [2.75, 3.05) is 11.9 Å². The van der Waals surface area contributed by atoms with Gasteiger partial charge in [0.05, 0.1) is 22.8 Å². The van der Waals surface area contributed by atoms with Gasteiger partial charge < -0.3 is 14.8 Å². The minimum absolute atomic E-state index is 0.295. The molecule has 0 bridgehead atoms. The number of benzene rings is 2. The number of carboxylic acid groups (broad SMARTS) is 1. The Morgan fingerprint density at radius 1 is 1.00 bits per heavy atom. The average Bonchev–Trinajstić information content (AvgIpc) is 3.51. The summed E-state index contributed by atoms with van der Waals surface area (Å²) < 4.78 is 5.20. The second-order valence-electron chi connectivity index (χ2n) is 8.09. The van der Waals surface area contributed by atoms with E-state index in [0.29, 0.717) is 11.4 Å². The van der Waals surface area contributed by atoms with Crippen molar-refractivity contribution in [3.8, 4) is 22.5 Å². The van der Waals surface area contributed by atoms with Crippen LogP contribution < -0.4 is 5.32 Å². The summed E-state index contributed by atoms with van der Waals surface area (Å²) in [7, 11) is 0. The third-order valence-electron chi connectivity index (χ3n) is 5.65. The van der Waals surface area contributed by atoms with Gasteiger partial charge in [-0.3, -0.25) is 0 Å². The number of hydrogen-bond donors (Lipinski definition) is 2. The molecule has 0 spiro atoms. The summed E-state index contributed by atoms with van der Waals surface area (Å²) in [5, 5.41) is 13.6. The second kappa shape index (κ2) is 9.49. The van der Waals surface area contributed by atoms with Crippen LogP contribution in [0.2, 0.25) is 0 Å². The van der Waals surface area contributed by atoms with Crippen LogP contribution in [0.3, 0.4) is 0 Å². The molecular weight excluding hydrogens is 446 g/mol. The Morgan fingerprint density at radius 2 is 1.74 bits per heavy atom. The summed E-state index contributed by atoms with van der Waals surface area (Å²) in [5.74, 6) is 0.605. The van der Waals surface area contributed by atoms with Gasteiger partial charge in [0, 0.05) is 11.4 Å². The zero-order valence-corrected chi connectivity index (χ0v) is 19.4. The van der Waals surface area contributed by atoms with Crippen LogP contribution in [-0.4, -0.2) is 27.6 Å². The molecule has 0 aliphatic carbocycles. The molecule has 0 saturated carbocycles. The molecular formula is C27H23N3O3S. The number of thiophene rings is 1. The Labute approximate surface area is 200 Å². The molecule has 0 aliphatic heterocycles. The lowest BCUT2D eigenvalue weighted by Crippen LogP contribution is -2.06. The van der Waals surface area contributed by atoms with E-state index in [0.717, 1.165) is 52.1 Å². The number of aromatic carboxylic acids is 1. The van der Waals surface area contributed by atoms with Gasteiger partial charge in [0.15, 0.2) is 5.82 Å². The summed E-state index contributed by atoms with van der Waals surface area (Å²) in [6, 6.07) is 19.4. The van der Waals surface area contributed by atoms with Crippen LogP contribution in [0.15, 0.2) is 77.6 Å². The van der Waals surface area contributed by atoms with Crippen LogP contribution in [0.1, 0.15) is 27.2 Å². The molecule has 0 saturated heterocycles. The van der Waals surface area contributed by atoms with E-state index < -0.39 is 5.97 Å². The van der Waals surface area contributed by atoms with Gasteiger partial charge in [-0.25, -0.2) is 14.8 Å². The fraction of sp³-hybridized carbons (Fsp3) is 0.148. The summed E-state index contributed by atoms with van der Waals surface area (Å²) in [6.07, 6.45) is 5.20. The summed E-state index contributed by atoms with van der Waals surface area (Å²) in [5.41, 5.74) is 4.50. The molecule has 0 fully saturated rings. The Kier molecular flexibility index (Phi) is 6.10. The first-order valence-electron chi connectivity index (χ1n) is 11.0. The molecule has 5 aromatic rings. The van der Waals surface area contributed by atoms with E-state index in [1.807, 2.05) is 18.2 Å². The molecule has 0 atom stereocenters. The number of nitrogens with one attached hydrogen (secondary N) is 1. The van der Waals surface area contributed by atoms with Crippen molar-refractivity contribution in [3.63, 3.8) is 0 Å². The van der Waals surface area contributed by atoms with E-state index in [1.54, 1.807) is 36.0 Å². The first-order chi connectivity index (χ1) is 16.6. The lowest BCUT2D eigenvalue weighted by atomic mass is 10.0. The maximum Gasteiger partial charge on any atom is 0.335 e. The maximum absolute atomic E-state index is 11.0. The van der Waals surface area contributed by atoms with Crippen molar-refractivity contribution < 1.29 is 14.3 Å². The Bertz CT molecular complexity index is 1420. The minimum Gasteiger partial charge on any atom is -0.478 e. The van der Waals surface area contributed by atoms with Crippen molar-refractivity contribution in [3.05, 3.63) is 89.2 Å². The minimum atomic E-state index is -0.912. The molecule has 170 valence electrons. The molecule has 3 aromatic heterocycles. The van der Waals surface area contributed by atoms with Crippen LogP contribution in [0.5, 0.6) is 0 Å². The number of hydrogen-bond acceptors (Lipinski definition) is 6. The van der Waals surface area contributed by atoms with E-state index in [2.05, 4.69) is 42.6 Å². The van der Waals surface area contributed by atoms with Crippen LogP contribution >= 0.6 is 11.3 Å². The quantitative estimate of drug-likeness (QED) is 0.247. The summed E-state index contributed by atoms with van der Waals surface area (Å²) in [4.78, 5) is 22.7. The summed E-state index contributed by atoms with van der Waals surface area (Å²) in [6.45, 7) is 2.88. The number of furan rings is 1. The predicted octanol–water partition coefficient (Wildman–Crippen LogP) is 6.67. The molecule has 7 heteroatoms. The maximum atomic E-state index is 11.0. The van der Waals surface area contributed by atoms with Crippen molar-refractivity contribution in [1.82, 2.24) is 9.97 Å². The molecule has 0 aliphatic rings. The van der Waals surface area contributed by atoms with Crippen molar-refractivity contribution in [2.24, 2.45) is 0 Å². The van der Waals surface area contributed by atoms with Crippen molar-refractivity contribution >= 4 is 33.3 Å². The van der Waals surface area contributed by atoms with Gasteiger partial charge in [-0.2, -0.15) is 0 Å². The molecule has 0 unspecified atom stereocenters. The zero-order valence-electron chi connectivity index (χ0n) is 18.6. The monoisotopic (exact) mass is 469 g/mol. The molecule has 0 radical (unpaired) electrons. The third kappa shape index (κ3) is 4.70. The number of nitrogens with zero attached hydrogens (tertiary/aromatic N) is 2. The van der Waals surface area contributed by atoms with Crippen LogP contribution in [0, 0.1) is 6.92 Å². The fourth-order valence-corrected chi connectivity index (χ4v) is 4.75. The smallest absolute Gasteiger partial charge is 0.335 e. The number of carbonyl (C=O) groups is 1. The molecule has 5 rings (SSSR count). The van der Waals surface area contributed by atoms with E-state index in [4.69, 9.17) is 19.5 Å². The molecule has 6 nitrogen and oxygen atoms in total. The molecule has 2 N–H and O–H groups in total. The number of fused-ring (bicyclic) bond motifs is 1. The lowest BCUT2D eigenvalue weighted by molar-refractivity contribution is 0.0697. The van der Waals surface area contributed by atoms with Crippen LogP contribution in [-0.2, 0) is 6.42 Å². The van der Waals surface area contributed by atoms with E-state index in [-0.39, 0.29) is 0 Å². The number of aryl methyl sites for hydroxylation is 2. The Morgan fingerprint density at radius 3 is 2.41 bits per heavy atom. The van der Waals surface area contributed by atoms with Gasteiger partial charge >= 0.3 is 5.97 Å². The first kappa shape index (κ1) is 21.9. The van der Waals surface area contributed by atoms with E-state index >= 15 is 0 Å². The topological polar surface area (TPSA) is 88.2 Å². The van der Waals surface area contributed by atoms with Gasteiger partial charge in [-0.1, -0.05) is 36.4 Å². The van der Waals surface area contributed by atoms with Crippen molar-refractivity contribution in [1.29, 1.82) is 0 Å². The number of carboxylic acids is 1. The van der Waals surface area contributed by atoms with E-state index in [9.17, 15) is 4.79 Å². The normalized spacial score (nSPS) is 11.1. The lowest BCUT2D eigenvalue weighted by Gasteiger charge is -2.09. The van der Waals surface area contributed by atoms with Gasteiger partial charge in [0.25, 0.3) is 0 Å². The molecule has 0 amide bonds. The number of anilines is 1. The standard InChI is InChI=1S/C27H23N3O3S/c1-17-15-23-25(29-24(30-26(23)34-17)22-12-14-33-16-22)28-13-2-3-18-4-6-19(7-5-18)20-8-10-21(11-9-20)27(31)32/h4-12,14-16H,2-3,13H2,1H3,(H,31,32)(H,28,29,30). The fourth-order valence-electron chi connectivity index (χ4n) is 3.87. The molecule has 2 aromatic carbocycles. The number of aromatic nitrogens is 2. The molecule has 3 heterocycles. The average molecular weight is 470 g/mol. The van der Waals surface area contributed by atoms with Gasteiger partial charge in [0.1, 0.15) is 16.9 Å². The van der Waals surface area contributed by atoms with Gasteiger partial charge in [0.2, 0.25) is 0 Å². The van der Waals surface area contributed by atoms with Gasteiger partial charge in [-0.15, -0.1) is 11.3 Å². The largest absolute Gasteiger partial charge is 0.478 e. The van der Waals surface area contributed by atoms with Crippen LogP contribution in [0.25, 0.3) is 32.7 Å². The SMILES string of the molecule is Cc1cc2c(NCCCc3ccc(-c4ccc(C(=O)O)cc4)cc3)nc(-c3ccoc3)nc2s1.